The van der Waals surface area contributed by atoms with E-state index in [2.05, 4.69) is 10.3 Å². The van der Waals surface area contributed by atoms with Gasteiger partial charge in [-0.05, 0) is 44.7 Å². The van der Waals surface area contributed by atoms with Crippen LogP contribution in [0.15, 0.2) is 18.2 Å². The van der Waals surface area contributed by atoms with E-state index in [0.29, 0.717) is 6.42 Å². The van der Waals surface area contributed by atoms with Crippen molar-refractivity contribution in [3.05, 3.63) is 33.9 Å². The van der Waals surface area contributed by atoms with E-state index in [0.717, 1.165) is 0 Å². The zero-order valence-electron chi connectivity index (χ0n) is 22.7. The Morgan fingerprint density at radius 3 is 2.29 bits per heavy atom. The van der Waals surface area contributed by atoms with Gasteiger partial charge < -0.3 is 34.8 Å². The maximum atomic E-state index is 13.5. The number of fused-ring (bicyclic) bond motifs is 1. The first-order chi connectivity index (χ1) is 19.9. The molecular formula is C27H30Cl2N4O9. The van der Waals surface area contributed by atoms with Crippen LogP contribution >= 0.6 is 23.2 Å². The Kier molecular flexibility index (Phi) is 9.62. The van der Waals surface area contributed by atoms with E-state index in [9.17, 15) is 34.2 Å². The molecule has 1 aromatic carbocycles. The molecule has 1 aliphatic carbocycles. The molecule has 1 saturated heterocycles. The largest absolute Gasteiger partial charge is 0.481 e. The molecule has 1 unspecified atom stereocenters. The molecule has 1 aliphatic heterocycles. The molecule has 2 heterocycles. The number of amides is 3. The Labute approximate surface area is 250 Å². The summed E-state index contributed by atoms with van der Waals surface area (Å²) in [7, 11) is 0. The van der Waals surface area contributed by atoms with Gasteiger partial charge in [0.25, 0.3) is 5.91 Å². The van der Waals surface area contributed by atoms with Gasteiger partial charge in [-0.25, -0.2) is 14.6 Å². The van der Waals surface area contributed by atoms with Crippen LogP contribution in [0.5, 0.6) is 5.75 Å². The summed E-state index contributed by atoms with van der Waals surface area (Å²) < 4.78 is 11.0. The normalized spacial score (nSPS) is 16.7. The van der Waals surface area contributed by atoms with Crippen LogP contribution in [-0.4, -0.2) is 99.3 Å². The third-order valence-electron chi connectivity index (χ3n) is 7.25. The second-order valence-corrected chi connectivity index (χ2v) is 10.9. The fourth-order valence-electron chi connectivity index (χ4n) is 4.82. The number of halogens is 2. The number of aliphatic carboxylic acids is 2. The predicted molar refractivity (Wildman–Crippen MR) is 150 cm³/mol. The molecule has 2 fully saturated rings. The number of nitrogens with one attached hydrogen (secondary N) is 1. The molecule has 3 N–H and O–H groups in total. The second-order valence-electron chi connectivity index (χ2n) is 10.0. The lowest BCUT2D eigenvalue weighted by Gasteiger charge is -2.38. The number of ether oxygens (including phenoxy) is 2. The van der Waals surface area contributed by atoms with Crippen molar-refractivity contribution >= 4 is 64.0 Å². The zero-order chi connectivity index (χ0) is 30.6. The lowest BCUT2D eigenvalue weighted by molar-refractivity contribution is -0.163. The third kappa shape index (κ3) is 6.79. The number of hydrogen-bond donors (Lipinski definition) is 3. The summed E-state index contributed by atoms with van der Waals surface area (Å²) in [6, 6.07) is 2.91. The maximum absolute atomic E-state index is 13.5. The molecule has 0 radical (unpaired) electrons. The van der Waals surface area contributed by atoms with Gasteiger partial charge in [-0.2, -0.15) is 0 Å². The van der Waals surface area contributed by atoms with E-state index in [1.54, 1.807) is 6.92 Å². The number of carbonyl (C=O) groups is 5. The Morgan fingerprint density at radius 2 is 1.71 bits per heavy atom. The summed E-state index contributed by atoms with van der Waals surface area (Å²) in [5.74, 6) is -3.63. The van der Waals surface area contributed by atoms with E-state index in [1.807, 2.05) is 0 Å². The van der Waals surface area contributed by atoms with Crippen LogP contribution in [0.2, 0.25) is 10.0 Å². The van der Waals surface area contributed by atoms with Crippen molar-refractivity contribution in [2.24, 2.45) is 0 Å². The van der Waals surface area contributed by atoms with Crippen LogP contribution in [0.25, 0.3) is 10.9 Å². The van der Waals surface area contributed by atoms with E-state index in [4.69, 9.17) is 32.7 Å². The van der Waals surface area contributed by atoms with Gasteiger partial charge in [0.15, 0.2) is 0 Å². The van der Waals surface area contributed by atoms with Crippen LogP contribution in [0.3, 0.4) is 0 Å². The number of rotatable bonds is 10. The van der Waals surface area contributed by atoms with Crippen LogP contribution < -0.4 is 10.1 Å². The highest BCUT2D eigenvalue weighted by molar-refractivity contribution is 6.39. The number of piperazine rings is 1. The molecule has 42 heavy (non-hydrogen) atoms. The lowest BCUT2D eigenvalue weighted by atomic mass is 9.80. The molecule has 0 spiro atoms. The first-order valence-corrected chi connectivity index (χ1v) is 14.1. The zero-order valence-corrected chi connectivity index (χ0v) is 24.2. The number of pyridine rings is 1. The van der Waals surface area contributed by atoms with Crippen molar-refractivity contribution in [1.29, 1.82) is 0 Å². The van der Waals surface area contributed by atoms with Gasteiger partial charge in [0, 0.05) is 43.7 Å². The van der Waals surface area contributed by atoms with Crippen molar-refractivity contribution in [1.82, 2.24) is 20.1 Å². The minimum atomic E-state index is -1.49. The molecule has 1 atom stereocenters. The topological polar surface area (TPSA) is 176 Å². The summed E-state index contributed by atoms with van der Waals surface area (Å²) in [5, 5.41) is 22.2. The van der Waals surface area contributed by atoms with Crippen LogP contribution in [0, 0.1) is 0 Å². The minimum Gasteiger partial charge on any atom is -0.481 e. The molecule has 3 amide bonds. The van der Waals surface area contributed by atoms with Crippen LogP contribution in [-0.2, 0) is 19.1 Å². The van der Waals surface area contributed by atoms with Crippen LogP contribution in [0.4, 0.5) is 4.79 Å². The first-order valence-electron chi connectivity index (χ1n) is 13.4. The number of hydrogen-bond acceptors (Lipinski definition) is 8. The van der Waals surface area contributed by atoms with Gasteiger partial charge in [-0.3, -0.25) is 14.4 Å². The van der Waals surface area contributed by atoms with Gasteiger partial charge in [-0.15, -0.1) is 0 Å². The van der Waals surface area contributed by atoms with Crippen LogP contribution in [0.1, 0.15) is 49.5 Å². The van der Waals surface area contributed by atoms with Gasteiger partial charge in [0.1, 0.15) is 17.5 Å². The van der Waals surface area contributed by atoms with Gasteiger partial charge in [-0.1, -0.05) is 23.2 Å². The van der Waals surface area contributed by atoms with Crippen molar-refractivity contribution in [2.75, 3.05) is 32.8 Å². The first kappa shape index (κ1) is 31.1. The number of carboxylic acids is 2. The second kappa shape index (κ2) is 13.0. The van der Waals surface area contributed by atoms with Gasteiger partial charge in [0.05, 0.1) is 22.5 Å². The number of carboxylic acid groups (broad SMARTS) is 2. The number of aromatic nitrogens is 1. The monoisotopic (exact) mass is 624 g/mol. The van der Waals surface area contributed by atoms with E-state index < -0.39 is 47.9 Å². The third-order valence-corrected chi connectivity index (χ3v) is 7.76. The average Bonchev–Trinajstić information content (AvgIpc) is 2.91. The highest BCUT2D eigenvalue weighted by Crippen LogP contribution is 2.41. The summed E-state index contributed by atoms with van der Waals surface area (Å²) in [6.07, 6.45) is 0.0683. The summed E-state index contributed by atoms with van der Waals surface area (Å²) in [6.45, 7) is 2.66. The number of nitrogens with zero attached hydrogens (tertiary/aromatic N) is 3. The molecule has 0 bridgehead atoms. The van der Waals surface area contributed by atoms with E-state index in [1.165, 1.54) is 28.0 Å². The van der Waals surface area contributed by atoms with Crippen molar-refractivity contribution in [2.45, 2.75) is 50.7 Å². The van der Waals surface area contributed by atoms with E-state index >= 15 is 0 Å². The highest BCUT2D eigenvalue weighted by atomic mass is 35.5. The molecule has 2 aromatic rings. The summed E-state index contributed by atoms with van der Waals surface area (Å²) in [4.78, 5) is 69.4. The Morgan fingerprint density at radius 1 is 1.05 bits per heavy atom. The Bertz CT molecular complexity index is 1410. The Hall–Kier alpha value is -3.84. The SMILES string of the molecule is CCOC(=O)N1CCN(C(=O)C(CCC(=O)O)NC(=O)c2cc(OC3(C(=O)O)CCC3)c3c(Cl)cc(Cl)cc3n2)CC1. The molecule has 1 saturated carbocycles. The summed E-state index contributed by atoms with van der Waals surface area (Å²) in [5.41, 5.74) is -1.54. The minimum absolute atomic E-state index is 0.0115. The fourth-order valence-corrected chi connectivity index (χ4v) is 5.39. The van der Waals surface area contributed by atoms with Crippen molar-refractivity contribution in [3.8, 4) is 5.75 Å². The molecule has 15 heteroatoms. The molecule has 226 valence electrons. The summed E-state index contributed by atoms with van der Waals surface area (Å²) >= 11 is 12.6. The molecular weight excluding hydrogens is 595 g/mol. The average molecular weight is 625 g/mol. The van der Waals surface area contributed by atoms with Gasteiger partial charge in [0.2, 0.25) is 11.5 Å². The molecule has 2 aliphatic rings. The standard InChI is InChI=1S/C27H30Cl2N4O9/c1-2-41-26(40)33-10-8-32(9-11-33)24(37)17(4-5-21(34)35)31-23(36)19-14-20(42-27(25(38)39)6-3-7-27)22-16(29)12-15(28)13-18(22)30-19/h12-14,17H,2-11H2,1H3,(H,31,36)(H,34,35)(H,38,39). The molecule has 13 nitrogen and oxygen atoms in total. The molecule has 4 rings (SSSR count). The number of benzene rings is 1. The maximum Gasteiger partial charge on any atom is 0.409 e. The lowest BCUT2D eigenvalue weighted by Crippen LogP contribution is -2.56. The smallest absolute Gasteiger partial charge is 0.409 e. The molecule has 1 aromatic heterocycles. The van der Waals surface area contributed by atoms with E-state index in [-0.39, 0.29) is 84.4 Å². The fraction of sp³-hybridized carbons (Fsp3) is 0.481. The highest BCUT2D eigenvalue weighted by Gasteiger charge is 2.47. The predicted octanol–water partition coefficient (Wildman–Crippen LogP) is 3.19. The van der Waals surface area contributed by atoms with Crippen molar-refractivity contribution < 1.29 is 43.7 Å². The quantitative estimate of drug-likeness (QED) is 0.356. The Balaban J connectivity index is 1.60. The van der Waals surface area contributed by atoms with Crippen molar-refractivity contribution in [3.63, 3.8) is 0 Å². The number of carbonyl (C=O) groups excluding carboxylic acids is 3. The van der Waals surface area contributed by atoms with Gasteiger partial charge >= 0.3 is 18.0 Å².